The van der Waals surface area contributed by atoms with E-state index in [0.717, 1.165) is 6.92 Å². The fraction of sp³-hybridized carbons (Fsp3) is 0.400. The van der Waals surface area contributed by atoms with Gasteiger partial charge in [0.05, 0.1) is 5.56 Å². The predicted molar refractivity (Wildman–Crippen MR) is 93.4 cm³/mol. The van der Waals surface area contributed by atoms with Gasteiger partial charge in [0.2, 0.25) is 16.3 Å². The third-order valence-electron chi connectivity index (χ3n) is 3.72. The van der Waals surface area contributed by atoms with Crippen LogP contribution in [-0.4, -0.2) is 23.1 Å². The number of alkyl halides is 3. The fourth-order valence-electron chi connectivity index (χ4n) is 2.67. The van der Waals surface area contributed by atoms with E-state index in [0.29, 0.717) is 18.7 Å². The zero-order valence-corrected chi connectivity index (χ0v) is 16.2. The van der Waals surface area contributed by atoms with E-state index < -0.39 is 44.3 Å². The average Bonchev–Trinajstić information content (AvgIpc) is 2.86. The third-order valence-corrected chi connectivity index (χ3v) is 5.38. The van der Waals surface area contributed by atoms with E-state index in [2.05, 4.69) is 15.5 Å². The lowest BCUT2D eigenvalue weighted by molar-refractivity contribution is -0.137. The Labute approximate surface area is 160 Å². The van der Waals surface area contributed by atoms with Crippen molar-refractivity contribution in [3.8, 4) is 0 Å². The fourth-order valence-corrected chi connectivity index (χ4v) is 4.52. The zero-order chi connectivity index (χ0) is 19.9. The number of carbonyl (C=O) groups excluding carboxylic acids is 1. The lowest BCUT2D eigenvalue weighted by Gasteiger charge is -2.27. The number of nitrogens with one attached hydrogen (secondary N) is 1. The van der Waals surface area contributed by atoms with Crippen molar-refractivity contribution in [2.75, 3.05) is 12.8 Å². The summed E-state index contributed by atoms with van der Waals surface area (Å²) in [6, 6.07) is 1.31. The molecule has 0 amide bonds. The van der Waals surface area contributed by atoms with Gasteiger partial charge in [-0.25, -0.2) is 0 Å². The molecule has 11 heteroatoms. The molecular formula is C15H14Cl2F3N3O2S. The highest BCUT2D eigenvalue weighted by molar-refractivity contribution is 7.94. The Hall–Kier alpha value is -1.29. The summed E-state index contributed by atoms with van der Waals surface area (Å²) in [6.07, 6.45) is -3.36. The molecule has 1 aromatic carbocycles. The molecule has 0 bridgehead atoms. The number of rotatable bonds is 5. The van der Waals surface area contributed by atoms with Crippen molar-refractivity contribution in [1.29, 1.82) is 0 Å². The van der Waals surface area contributed by atoms with Crippen molar-refractivity contribution in [3.63, 3.8) is 0 Å². The number of Topliss-reactive ketones (excluding diaryl/α,β-unsaturated/α-hetero) is 1. The Morgan fingerprint density at radius 2 is 1.88 bits per heavy atom. The second-order valence-corrected chi connectivity index (χ2v) is 7.57. The van der Waals surface area contributed by atoms with Crippen LogP contribution in [0, 0.1) is 0 Å². The van der Waals surface area contributed by atoms with Crippen LogP contribution in [-0.2, 0) is 27.7 Å². The van der Waals surface area contributed by atoms with Crippen LogP contribution >= 0.6 is 23.2 Å². The van der Waals surface area contributed by atoms with E-state index in [-0.39, 0.29) is 16.3 Å². The Bertz CT molecular complexity index is 789. The normalized spacial score (nSPS) is 21.3. The van der Waals surface area contributed by atoms with Crippen LogP contribution in [0.3, 0.4) is 0 Å². The van der Waals surface area contributed by atoms with Crippen LogP contribution in [0.15, 0.2) is 33.1 Å². The quantitative estimate of drug-likeness (QED) is 0.706. The first kappa shape index (κ1) is 21.0. The molecule has 5 nitrogen and oxygen atoms in total. The van der Waals surface area contributed by atoms with Gasteiger partial charge < -0.3 is 9.87 Å². The molecule has 0 aromatic heterocycles. The summed E-state index contributed by atoms with van der Waals surface area (Å²) in [5, 5.41) is 9.83. The van der Waals surface area contributed by atoms with Crippen molar-refractivity contribution >= 4 is 40.2 Å². The molecule has 1 aliphatic rings. The number of azo groups is 1. The molecule has 1 heterocycles. The van der Waals surface area contributed by atoms with E-state index in [4.69, 9.17) is 23.2 Å². The Kier molecular flexibility index (Phi) is 5.96. The van der Waals surface area contributed by atoms with Gasteiger partial charge in [0.15, 0.2) is 5.78 Å². The third kappa shape index (κ3) is 3.45. The highest BCUT2D eigenvalue weighted by Gasteiger charge is 2.55. The summed E-state index contributed by atoms with van der Waals surface area (Å²) in [7, 11) is 0. The first-order chi connectivity index (χ1) is 12.0. The molecule has 0 saturated carbocycles. The lowest BCUT2D eigenvalue weighted by atomic mass is 9.86. The van der Waals surface area contributed by atoms with Crippen LogP contribution in [0.2, 0.25) is 10.0 Å². The number of halogens is 5. The molecule has 142 valence electrons. The van der Waals surface area contributed by atoms with Crippen LogP contribution < -0.4 is 5.32 Å². The van der Waals surface area contributed by atoms with Gasteiger partial charge in [-0.3, -0.25) is 4.79 Å². The van der Waals surface area contributed by atoms with E-state index in [1.807, 2.05) is 0 Å². The Morgan fingerprint density at radius 3 is 2.27 bits per heavy atom. The van der Waals surface area contributed by atoms with Gasteiger partial charge in [-0.05, 0) is 37.2 Å². The average molecular weight is 428 g/mol. The van der Waals surface area contributed by atoms with Crippen molar-refractivity contribution < 1.29 is 22.5 Å². The van der Waals surface area contributed by atoms with Crippen molar-refractivity contribution in [3.05, 3.63) is 44.0 Å². The lowest BCUT2D eigenvalue weighted by Crippen LogP contribution is -2.37. The maximum Gasteiger partial charge on any atom is 0.416 e. The first-order valence-corrected chi connectivity index (χ1v) is 9.60. The molecule has 0 spiro atoms. The van der Waals surface area contributed by atoms with Crippen molar-refractivity contribution in [2.24, 2.45) is 10.2 Å². The maximum absolute atomic E-state index is 13.0. The monoisotopic (exact) mass is 427 g/mol. The second kappa shape index (κ2) is 7.38. The largest absolute Gasteiger partial charge is 0.612 e. The molecule has 2 unspecified atom stereocenters. The Balaban J connectivity index is 2.81. The van der Waals surface area contributed by atoms with Gasteiger partial charge in [0.1, 0.15) is 6.26 Å². The van der Waals surface area contributed by atoms with E-state index in [1.54, 1.807) is 6.92 Å². The van der Waals surface area contributed by atoms with Gasteiger partial charge in [-0.2, -0.15) is 18.3 Å². The summed E-state index contributed by atoms with van der Waals surface area (Å²) >= 11 is 10.4. The van der Waals surface area contributed by atoms with Crippen LogP contribution in [0.1, 0.15) is 25.0 Å². The first-order valence-electron chi connectivity index (χ1n) is 7.29. The molecule has 1 aliphatic heterocycles. The molecule has 0 fully saturated rings. The molecular weight excluding hydrogens is 414 g/mol. The Morgan fingerprint density at radius 1 is 1.35 bits per heavy atom. The second-order valence-electron chi connectivity index (χ2n) is 5.44. The minimum absolute atomic E-state index is 0.00425. The van der Waals surface area contributed by atoms with Crippen molar-refractivity contribution in [2.45, 2.75) is 25.6 Å². The number of nitrogens with zero attached hydrogens (tertiary/aromatic N) is 2. The summed E-state index contributed by atoms with van der Waals surface area (Å²) in [5.41, 5.74) is -3.20. The highest BCUT2D eigenvalue weighted by Crippen LogP contribution is 2.50. The van der Waals surface area contributed by atoms with Crippen LogP contribution in [0.4, 0.5) is 13.2 Å². The summed E-state index contributed by atoms with van der Waals surface area (Å²) in [6.45, 7) is 3.31. The van der Waals surface area contributed by atoms with Crippen LogP contribution in [0.5, 0.6) is 0 Å². The summed E-state index contributed by atoms with van der Waals surface area (Å²) in [5.74, 6) is -0.515. The minimum Gasteiger partial charge on any atom is -0.612 e. The molecule has 2 atom stereocenters. The van der Waals surface area contributed by atoms with Crippen molar-refractivity contribution in [1.82, 2.24) is 5.32 Å². The summed E-state index contributed by atoms with van der Waals surface area (Å²) in [4.78, 5) is 12.5. The molecule has 0 saturated heterocycles. The van der Waals surface area contributed by atoms with Gasteiger partial charge in [-0.1, -0.05) is 23.2 Å². The predicted octanol–water partition coefficient (Wildman–Crippen LogP) is 4.42. The molecule has 1 N–H and O–H groups in total. The van der Waals surface area contributed by atoms with E-state index in [1.165, 1.54) is 6.26 Å². The molecule has 0 radical (unpaired) electrons. The topological polar surface area (TPSA) is 76.9 Å². The van der Waals surface area contributed by atoms with Gasteiger partial charge in [0.25, 0.3) is 0 Å². The molecule has 1 aromatic rings. The van der Waals surface area contributed by atoms with Gasteiger partial charge in [-0.15, -0.1) is 5.11 Å². The van der Waals surface area contributed by atoms with Gasteiger partial charge >= 0.3 is 6.18 Å². The molecule has 0 aliphatic carbocycles. The SMILES string of the molecule is CCNC1=C([S+](C)[O-])C(C(C)=O)(c2c(Cl)cc(C(F)(F)F)cc2Cl)N=N1. The number of benzene rings is 1. The summed E-state index contributed by atoms with van der Waals surface area (Å²) < 4.78 is 51.3. The smallest absolute Gasteiger partial charge is 0.416 e. The highest BCUT2D eigenvalue weighted by atomic mass is 35.5. The number of carbonyl (C=O) groups is 1. The number of hydrogen-bond acceptors (Lipinski definition) is 5. The molecule has 2 rings (SSSR count). The minimum atomic E-state index is -4.67. The number of hydrogen-bond donors (Lipinski definition) is 1. The van der Waals surface area contributed by atoms with E-state index >= 15 is 0 Å². The standard InChI is InChI=1S/C15H14Cl2F3N3O2S/c1-4-21-13-12(26(3)25)14(7(2)24,23-22-13)11-9(16)5-8(6-10(11)17)15(18,19)20/h5-6,21H,4H2,1-3H3. The molecule has 26 heavy (non-hydrogen) atoms. The number of ketones is 1. The van der Waals surface area contributed by atoms with E-state index in [9.17, 15) is 22.5 Å². The van der Waals surface area contributed by atoms with Gasteiger partial charge in [0, 0.05) is 22.2 Å². The van der Waals surface area contributed by atoms with Crippen LogP contribution in [0.25, 0.3) is 0 Å². The maximum atomic E-state index is 13.0. The zero-order valence-electron chi connectivity index (χ0n) is 13.9.